The van der Waals surface area contributed by atoms with Crippen LogP contribution in [0.3, 0.4) is 0 Å². The molecule has 0 spiro atoms. The molecule has 0 fully saturated rings. The third-order valence-electron chi connectivity index (χ3n) is 3.41. The van der Waals surface area contributed by atoms with Gasteiger partial charge in [-0.15, -0.1) is 0 Å². The van der Waals surface area contributed by atoms with Crippen molar-refractivity contribution in [1.82, 2.24) is 5.32 Å². The maximum absolute atomic E-state index is 11.9. The van der Waals surface area contributed by atoms with Gasteiger partial charge in [-0.05, 0) is 48.7 Å². The van der Waals surface area contributed by atoms with E-state index in [9.17, 15) is 4.79 Å². The van der Waals surface area contributed by atoms with E-state index in [0.29, 0.717) is 13.2 Å². The van der Waals surface area contributed by atoms with Gasteiger partial charge < -0.3 is 15.4 Å². The lowest BCUT2D eigenvalue weighted by molar-refractivity contribution is 0.247. The monoisotopic (exact) mass is 376 g/mol. The molecule has 2 aromatic carbocycles. The number of hydrogen-bond acceptors (Lipinski definition) is 2. The number of ether oxygens (including phenoxy) is 1. The molecule has 0 bridgehead atoms. The number of urea groups is 1. The second-order valence-corrected chi connectivity index (χ2v) is 6.01. The molecule has 0 aliphatic rings. The van der Waals surface area contributed by atoms with Crippen molar-refractivity contribution in [2.45, 2.75) is 20.3 Å². The molecule has 0 aliphatic heterocycles. The Bertz CT molecular complexity index is 674. The van der Waals surface area contributed by atoms with Crippen molar-refractivity contribution < 1.29 is 9.53 Å². The quantitative estimate of drug-likeness (QED) is 0.728. The van der Waals surface area contributed by atoms with Gasteiger partial charge in [0.2, 0.25) is 0 Å². The van der Waals surface area contributed by atoms with Gasteiger partial charge in [0.15, 0.2) is 0 Å². The molecule has 0 radical (unpaired) electrons. The molecule has 0 atom stereocenters. The fraction of sp³-hybridized carbons (Fsp3) is 0.278. The van der Waals surface area contributed by atoms with Crippen molar-refractivity contribution in [3.63, 3.8) is 0 Å². The predicted octanol–water partition coefficient (Wildman–Crippen LogP) is 4.52. The Balaban J connectivity index is 1.75. The highest BCUT2D eigenvalue weighted by Gasteiger charge is 2.04. The van der Waals surface area contributed by atoms with Crippen LogP contribution in [-0.4, -0.2) is 19.2 Å². The van der Waals surface area contributed by atoms with Crippen LogP contribution in [0.15, 0.2) is 46.9 Å². The molecule has 2 rings (SSSR count). The van der Waals surface area contributed by atoms with Gasteiger partial charge in [0.1, 0.15) is 12.4 Å². The number of halogens is 1. The van der Waals surface area contributed by atoms with Crippen molar-refractivity contribution >= 4 is 27.6 Å². The molecule has 2 amide bonds. The number of carbonyl (C=O) groups excluding carboxylic acids is 1. The summed E-state index contributed by atoms with van der Waals surface area (Å²) in [6, 6.07) is 13.4. The van der Waals surface area contributed by atoms with E-state index in [2.05, 4.69) is 33.5 Å². The lowest BCUT2D eigenvalue weighted by atomic mass is 10.1. The van der Waals surface area contributed by atoms with Crippen molar-refractivity contribution in [2.24, 2.45) is 0 Å². The van der Waals surface area contributed by atoms with Gasteiger partial charge >= 0.3 is 6.03 Å². The standard InChI is InChI=1S/C18H21BrN2O2/c1-3-14-6-4-5-7-17(14)23-11-10-20-18(22)21-15-8-9-16(19)13(2)12-15/h4-9,12H,3,10-11H2,1-2H3,(H2,20,21,22). The van der Waals surface area contributed by atoms with Gasteiger partial charge in [0, 0.05) is 10.2 Å². The number of aryl methyl sites for hydroxylation is 2. The first-order chi connectivity index (χ1) is 11.1. The second kappa shape index (κ2) is 8.58. The summed E-state index contributed by atoms with van der Waals surface area (Å²) in [5, 5.41) is 5.59. The van der Waals surface area contributed by atoms with Crippen molar-refractivity contribution in [2.75, 3.05) is 18.5 Å². The van der Waals surface area contributed by atoms with Crippen LogP contribution in [-0.2, 0) is 6.42 Å². The van der Waals surface area contributed by atoms with Gasteiger partial charge in [-0.2, -0.15) is 0 Å². The molecule has 0 aromatic heterocycles. The highest BCUT2D eigenvalue weighted by Crippen LogP contribution is 2.20. The van der Waals surface area contributed by atoms with E-state index in [-0.39, 0.29) is 6.03 Å². The number of benzene rings is 2. The van der Waals surface area contributed by atoms with Crippen molar-refractivity contribution in [3.8, 4) is 5.75 Å². The van der Waals surface area contributed by atoms with Crippen LogP contribution < -0.4 is 15.4 Å². The Morgan fingerprint density at radius 3 is 2.74 bits per heavy atom. The summed E-state index contributed by atoms with van der Waals surface area (Å²) in [6.45, 7) is 4.95. The number of amides is 2. The third kappa shape index (κ3) is 5.28. The molecule has 0 heterocycles. The summed E-state index contributed by atoms with van der Waals surface area (Å²) in [7, 11) is 0. The maximum atomic E-state index is 11.9. The third-order valence-corrected chi connectivity index (χ3v) is 4.30. The largest absolute Gasteiger partial charge is 0.491 e. The van der Waals surface area contributed by atoms with Gasteiger partial charge in [-0.3, -0.25) is 0 Å². The molecule has 4 nitrogen and oxygen atoms in total. The number of hydrogen-bond donors (Lipinski definition) is 2. The van der Waals surface area contributed by atoms with Crippen molar-refractivity contribution in [1.29, 1.82) is 0 Å². The van der Waals surface area contributed by atoms with Gasteiger partial charge in [-0.25, -0.2) is 4.79 Å². The van der Waals surface area contributed by atoms with E-state index in [1.54, 1.807) is 0 Å². The smallest absolute Gasteiger partial charge is 0.319 e. The zero-order valence-corrected chi connectivity index (χ0v) is 14.9. The lowest BCUT2D eigenvalue weighted by Crippen LogP contribution is -2.32. The Morgan fingerprint density at radius 1 is 1.22 bits per heavy atom. The van der Waals surface area contributed by atoms with E-state index in [0.717, 1.165) is 27.9 Å². The van der Waals surface area contributed by atoms with Gasteiger partial charge in [0.25, 0.3) is 0 Å². The van der Waals surface area contributed by atoms with Crippen molar-refractivity contribution in [3.05, 3.63) is 58.1 Å². The molecular weight excluding hydrogens is 356 g/mol. The molecule has 23 heavy (non-hydrogen) atoms. The normalized spacial score (nSPS) is 10.2. The van der Waals surface area contributed by atoms with Crippen LogP contribution in [0.5, 0.6) is 5.75 Å². The molecule has 0 aliphatic carbocycles. The fourth-order valence-electron chi connectivity index (χ4n) is 2.16. The highest BCUT2D eigenvalue weighted by molar-refractivity contribution is 9.10. The zero-order valence-electron chi connectivity index (χ0n) is 13.4. The first kappa shape index (κ1) is 17.3. The van der Waals surface area contributed by atoms with Crippen LogP contribution in [0.1, 0.15) is 18.1 Å². The Hall–Kier alpha value is -2.01. The Labute approximate surface area is 145 Å². The summed E-state index contributed by atoms with van der Waals surface area (Å²) < 4.78 is 6.73. The van der Waals surface area contributed by atoms with E-state index in [4.69, 9.17) is 4.74 Å². The minimum Gasteiger partial charge on any atom is -0.491 e. The molecule has 0 saturated heterocycles. The molecular formula is C18H21BrN2O2. The number of anilines is 1. The van der Waals surface area contributed by atoms with E-state index >= 15 is 0 Å². The molecule has 122 valence electrons. The first-order valence-corrected chi connectivity index (χ1v) is 8.41. The van der Waals surface area contributed by atoms with E-state index in [1.807, 2.05) is 49.4 Å². The molecule has 2 aromatic rings. The van der Waals surface area contributed by atoms with E-state index < -0.39 is 0 Å². The van der Waals surface area contributed by atoms with Crippen LogP contribution in [0.2, 0.25) is 0 Å². The minimum absolute atomic E-state index is 0.237. The molecule has 5 heteroatoms. The summed E-state index contributed by atoms with van der Waals surface area (Å²) in [5.41, 5.74) is 3.00. The average molecular weight is 377 g/mol. The van der Waals surface area contributed by atoms with E-state index in [1.165, 1.54) is 5.56 Å². The Kier molecular flexibility index (Phi) is 6.47. The fourth-order valence-corrected chi connectivity index (χ4v) is 2.41. The maximum Gasteiger partial charge on any atom is 0.319 e. The number of rotatable bonds is 6. The summed E-state index contributed by atoms with van der Waals surface area (Å²) in [4.78, 5) is 11.9. The van der Waals surface area contributed by atoms with Crippen LogP contribution in [0.25, 0.3) is 0 Å². The molecule has 2 N–H and O–H groups in total. The highest BCUT2D eigenvalue weighted by atomic mass is 79.9. The topological polar surface area (TPSA) is 50.4 Å². The number of carbonyl (C=O) groups is 1. The second-order valence-electron chi connectivity index (χ2n) is 5.15. The summed E-state index contributed by atoms with van der Waals surface area (Å²) in [6.07, 6.45) is 0.924. The van der Waals surface area contributed by atoms with Crippen LogP contribution in [0, 0.1) is 6.92 Å². The minimum atomic E-state index is -0.237. The lowest BCUT2D eigenvalue weighted by Gasteiger charge is -2.12. The average Bonchev–Trinajstić information content (AvgIpc) is 2.55. The SMILES string of the molecule is CCc1ccccc1OCCNC(=O)Nc1ccc(Br)c(C)c1. The summed E-state index contributed by atoms with van der Waals surface area (Å²) >= 11 is 3.44. The molecule has 0 saturated carbocycles. The van der Waals surface area contributed by atoms with Crippen LogP contribution >= 0.6 is 15.9 Å². The number of para-hydroxylation sites is 1. The molecule has 0 unspecified atom stereocenters. The van der Waals surface area contributed by atoms with Gasteiger partial charge in [0.05, 0.1) is 6.54 Å². The Morgan fingerprint density at radius 2 is 2.00 bits per heavy atom. The first-order valence-electron chi connectivity index (χ1n) is 7.62. The number of nitrogens with one attached hydrogen (secondary N) is 2. The summed E-state index contributed by atoms with van der Waals surface area (Å²) in [5.74, 6) is 0.876. The van der Waals surface area contributed by atoms with Gasteiger partial charge in [-0.1, -0.05) is 41.1 Å². The predicted molar refractivity (Wildman–Crippen MR) is 97.2 cm³/mol. The zero-order chi connectivity index (χ0) is 16.7. The van der Waals surface area contributed by atoms with Crippen LogP contribution in [0.4, 0.5) is 10.5 Å².